The number of ether oxygens (including phenoxy) is 1. The van der Waals surface area contributed by atoms with Crippen LogP contribution in [-0.2, 0) is 9.59 Å². The number of anilines is 4. The molecule has 164 valence electrons. The molecule has 2 aromatic carbocycles. The highest BCUT2D eigenvalue weighted by Crippen LogP contribution is 2.32. The molecule has 0 saturated carbocycles. The maximum Gasteiger partial charge on any atom is 0.258 e. The van der Waals surface area contributed by atoms with Gasteiger partial charge < -0.3 is 20.7 Å². The van der Waals surface area contributed by atoms with Gasteiger partial charge in [0.15, 0.2) is 0 Å². The lowest BCUT2D eigenvalue weighted by atomic mass is 9.92. The van der Waals surface area contributed by atoms with E-state index in [1.165, 1.54) is 7.11 Å². The Labute approximate surface area is 188 Å². The molecule has 0 fully saturated rings. The van der Waals surface area contributed by atoms with E-state index in [1.807, 2.05) is 13.0 Å². The van der Waals surface area contributed by atoms with Gasteiger partial charge in [-0.3, -0.25) is 19.4 Å². The van der Waals surface area contributed by atoms with Crippen molar-refractivity contribution in [3.63, 3.8) is 0 Å². The Hall–Kier alpha value is -3.85. The van der Waals surface area contributed by atoms with E-state index in [0.29, 0.717) is 22.1 Å². The minimum Gasteiger partial charge on any atom is -0.495 e. The lowest BCUT2D eigenvalue weighted by molar-refractivity contribution is -0.123. The van der Waals surface area contributed by atoms with Crippen molar-refractivity contribution < 1.29 is 14.3 Å². The SMILES string of the molecule is COc1ccc(C)cc1NC(=O)[C@@H]1CC(=O)Nc2nc(Nc3cccc(Cl)c3)[nH]c(=O)c21. The Morgan fingerprint density at radius 2 is 2.03 bits per heavy atom. The molecule has 1 aromatic heterocycles. The summed E-state index contributed by atoms with van der Waals surface area (Å²) in [5.74, 6) is -1.32. The minimum absolute atomic E-state index is 0.0332. The number of aromatic amines is 1. The van der Waals surface area contributed by atoms with Gasteiger partial charge in [0.05, 0.1) is 24.3 Å². The van der Waals surface area contributed by atoms with Gasteiger partial charge in [-0.05, 0) is 42.8 Å². The molecule has 0 unspecified atom stereocenters. The van der Waals surface area contributed by atoms with Gasteiger partial charge in [-0.2, -0.15) is 4.98 Å². The van der Waals surface area contributed by atoms with Crippen molar-refractivity contribution in [1.29, 1.82) is 0 Å². The van der Waals surface area contributed by atoms with Crippen molar-refractivity contribution in [2.24, 2.45) is 0 Å². The van der Waals surface area contributed by atoms with Crippen molar-refractivity contribution >= 4 is 46.6 Å². The van der Waals surface area contributed by atoms with E-state index in [1.54, 1.807) is 36.4 Å². The molecule has 9 nitrogen and oxygen atoms in total. The van der Waals surface area contributed by atoms with Crippen LogP contribution in [0.1, 0.15) is 23.5 Å². The Balaban J connectivity index is 1.65. The van der Waals surface area contributed by atoms with Crippen LogP contribution in [0.3, 0.4) is 0 Å². The van der Waals surface area contributed by atoms with Crippen molar-refractivity contribution in [2.75, 3.05) is 23.1 Å². The van der Waals surface area contributed by atoms with Crippen molar-refractivity contribution in [3.05, 3.63) is 69.0 Å². The van der Waals surface area contributed by atoms with Crippen molar-refractivity contribution in [3.8, 4) is 5.75 Å². The highest BCUT2D eigenvalue weighted by atomic mass is 35.5. The average molecular weight is 454 g/mol. The second-order valence-electron chi connectivity index (χ2n) is 7.31. The molecule has 0 bridgehead atoms. The molecular formula is C22H20ClN5O4. The third-order valence-electron chi connectivity index (χ3n) is 4.97. The zero-order valence-electron chi connectivity index (χ0n) is 17.3. The normalized spacial score (nSPS) is 14.8. The molecular weight excluding hydrogens is 434 g/mol. The first kappa shape index (κ1) is 21.4. The fourth-order valence-electron chi connectivity index (χ4n) is 3.50. The molecule has 1 atom stereocenters. The van der Waals surface area contributed by atoms with Crippen molar-refractivity contribution in [1.82, 2.24) is 9.97 Å². The number of nitrogens with one attached hydrogen (secondary N) is 4. The average Bonchev–Trinajstić information content (AvgIpc) is 2.73. The first-order chi connectivity index (χ1) is 15.3. The molecule has 3 aromatic rings. The van der Waals surface area contributed by atoms with Crippen LogP contribution in [0.15, 0.2) is 47.3 Å². The number of methoxy groups -OCH3 is 1. The van der Waals surface area contributed by atoms with Crippen LogP contribution >= 0.6 is 11.6 Å². The largest absolute Gasteiger partial charge is 0.495 e. The van der Waals surface area contributed by atoms with Crippen LogP contribution in [0.2, 0.25) is 5.02 Å². The predicted molar refractivity (Wildman–Crippen MR) is 122 cm³/mol. The number of amides is 2. The molecule has 0 aliphatic carbocycles. The number of hydrogen-bond acceptors (Lipinski definition) is 6. The van der Waals surface area contributed by atoms with Gasteiger partial charge in [-0.15, -0.1) is 0 Å². The van der Waals surface area contributed by atoms with Crippen molar-refractivity contribution in [2.45, 2.75) is 19.3 Å². The van der Waals surface area contributed by atoms with E-state index >= 15 is 0 Å². The molecule has 4 rings (SSSR count). The van der Waals surface area contributed by atoms with Gasteiger partial charge in [0.25, 0.3) is 5.56 Å². The van der Waals surface area contributed by atoms with Gasteiger partial charge in [0.1, 0.15) is 11.6 Å². The molecule has 4 N–H and O–H groups in total. The highest BCUT2D eigenvalue weighted by Gasteiger charge is 2.35. The molecule has 0 spiro atoms. The quantitative estimate of drug-likeness (QED) is 0.468. The molecule has 10 heteroatoms. The number of benzene rings is 2. The summed E-state index contributed by atoms with van der Waals surface area (Å²) in [7, 11) is 1.49. The Kier molecular flexibility index (Phi) is 5.83. The number of carbonyl (C=O) groups excluding carboxylic acids is 2. The van der Waals surface area contributed by atoms with Gasteiger partial charge in [-0.1, -0.05) is 23.7 Å². The minimum atomic E-state index is -1.01. The number of halogens is 1. The van der Waals surface area contributed by atoms with Gasteiger partial charge in [-0.25, -0.2) is 0 Å². The highest BCUT2D eigenvalue weighted by molar-refractivity contribution is 6.30. The molecule has 1 aliphatic rings. The summed E-state index contributed by atoms with van der Waals surface area (Å²) < 4.78 is 5.29. The van der Waals surface area contributed by atoms with Gasteiger partial charge in [0.2, 0.25) is 17.8 Å². The van der Waals surface area contributed by atoms with E-state index in [0.717, 1.165) is 5.56 Å². The van der Waals surface area contributed by atoms with E-state index in [9.17, 15) is 14.4 Å². The molecule has 0 radical (unpaired) electrons. The number of nitrogens with zero attached hydrogens (tertiary/aromatic N) is 1. The van der Waals surface area contributed by atoms with E-state index in [4.69, 9.17) is 16.3 Å². The second kappa shape index (κ2) is 8.72. The Bertz CT molecular complexity index is 1270. The maximum atomic E-state index is 13.1. The van der Waals surface area contributed by atoms with Crippen LogP contribution in [0.4, 0.5) is 23.1 Å². The number of H-pyrrole nitrogens is 1. The maximum absolute atomic E-state index is 13.1. The third-order valence-corrected chi connectivity index (χ3v) is 5.20. The molecule has 32 heavy (non-hydrogen) atoms. The number of carbonyl (C=O) groups is 2. The lowest BCUT2D eigenvalue weighted by Gasteiger charge is -2.24. The number of fused-ring (bicyclic) bond motifs is 1. The summed E-state index contributed by atoms with van der Waals surface area (Å²) in [6, 6.07) is 12.2. The monoisotopic (exact) mass is 453 g/mol. The molecule has 2 amide bonds. The zero-order chi connectivity index (χ0) is 22.8. The summed E-state index contributed by atoms with van der Waals surface area (Å²) in [5, 5.41) is 8.79. The van der Waals surface area contributed by atoms with Crippen LogP contribution in [0.5, 0.6) is 5.75 Å². The van der Waals surface area contributed by atoms with E-state index < -0.39 is 23.3 Å². The first-order valence-electron chi connectivity index (χ1n) is 9.76. The number of hydrogen-bond donors (Lipinski definition) is 4. The zero-order valence-corrected chi connectivity index (χ0v) is 18.0. The first-order valence-corrected chi connectivity index (χ1v) is 10.1. The topological polar surface area (TPSA) is 125 Å². The van der Waals surface area contributed by atoms with E-state index in [-0.39, 0.29) is 23.8 Å². The summed E-state index contributed by atoms with van der Waals surface area (Å²) in [5.41, 5.74) is 1.53. The van der Waals surface area contributed by atoms with Crippen LogP contribution in [0, 0.1) is 6.92 Å². The summed E-state index contributed by atoms with van der Waals surface area (Å²) >= 11 is 5.99. The smallest absolute Gasteiger partial charge is 0.258 e. The second-order valence-corrected chi connectivity index (χ2v) is 7.75. The fraction of sp³-hybridized carbons (Fsp3) is 0.182. The number of aryl methyl sites for hydroxylation is 1. The standard InChI is InChI=1S/C22H20ClN5O4/c1-11-6-7-16(32-2)15(8-11)25-20(30)14-10-17(29)26-19-18(14)21(31)28-22(27-19)24-13-5-3-4-12(23)9-13/h3-9,14H,10H2,1-2H3,(H,25,30)(H3,24,26,27,28,29,31)/t14-/m1/s1. The van der Waals surface area contributed by atoms with Gasteiger partial charge >= 0.3 is 0 Å². The lowest BCUT2D eigenvalue weighted by Crippen LogP contribution is -2.36. The Morgan fingerprint density at radius 1 is 1.22 bits per heavy atom. The number of aromatic nitrogens is 2. The van der Waals surface area contributed by atoms with Crippen LogP contribution in [-0.4, -0.2) is 28.9 Å². The van der Waals surface area contributed by atoms with Crippen LogP contribution in [0.25, 0.3) is 0 Å². The summed E-state index contributed by atoms with van der Waals surface area (Å²) in [6.07, 6.45) is -0.182. The molecule has 2 heterocycles. The third kappa shape index (κ3) is 4.42. The molecule has 1 aliphatic heterocycles. The van der Waals surface area contributed by atoms with E-state index in [2.05, 4.69) is 25.9 Å². The molecule has 0 saturated heterocycles. The van der Waals surface area contributed by atoms with Gasteiger partial charge in [0, 0.05) is 17.1 Å². The summed E-state index contributed by atoms with van der Waals surface area (Å²) in [6.45, 7) is 1.88. The summed E-state index contributed by atoms with van der Waals surface area (Å²) in [4.78, 5) is 45.1. The predicted octanol–water partition coefficient (Wildman–Crippen LogP) is 3.55. The van der Waals surface area contributed by atoms with Crippen LogP contribution < -0.4 is 26.2 Å². The fourth-order valence-corrected chi connectivity index (χ4v) is 3.69. The number of rotatable bonds is 5. The Morgan fingerprint density at radius 3 is 2.78 bits per heavy atom.